The largest absolute Gasteiger partial charge is 0.382 e. The summed E-state index contributed by atoms with van der Waals surface area (Å²) in [5.41, 5.74) is 0. The molecule has 1 aromatic heterocycles. The lowest BCUT2D eigenvalue weighted by Gasteiger charge is -2.16. The zero-order valence-corrected chi connectivity index (χ0v) is 12.4. The quantitative estimate of drug-likeness (QED) is 0.743. The average molecular weight is 306 g/mol. The van der Waals surface area contributed by atoms with E-state index in [0.29, 0.717) is 6.04 Å². The second-order valence-electron chi connectivity index (χ2n) is 3.68. The van der Waals surface area contributed by atoms with Gasteiger partial charge in [-0.15, -0.1) is 11.3 Å². The van der Waals surface area contributed by atoms with Gasteiger partial charge in [-0.2, -0.15) is 0 Å². The minimum Gasteiger partial charge on any atom is -0.382 e. The first-order valence-electron chi connectivity index (χ1n) is 5.80. The van der Waals surface area contributed by atoms with Crippen LogP contribution in [-0.2, 0) is 11.2 Å². The van der Waals surface area contributed by atoms with Crippen LogP contribution in [0.25, 0.3) is 0 Å². The highest BCUT2D eigenvalue weighted by molar-refractivity contribution is 9.10. The Balaban J connectivity index is 2.37. The normalized spacial score (nSPS) is 12.9. The summed E-state index contributed by atoms with van der Waals surface area (Å²) >= 11 is 5.31. The smallest absolute Gasteiger partial charge is 0.0480 e. The third-order valence-corrected chi connectivity index (χ3v) is 4.10. The van der Waals surface area contributed by atoms with Gasteiger partial charge in [0.25, 0.3) is 0 Å². The van der Waals surface area contributed by atoms with Crippen molar-refractivity contribution < 1.29 is 4.74 Å². The number of likely N-dealkylation sites (N-methyl/N-ethyl adjacent to an activating group) is 1. The highest BCUT2D eigenvalue weighted by atomic mass is 79.9. The van der Waals surface area contributed by atoms with E-state index in [1.165, 1.54) is 9.35 Å². The first kappa shape index (κ1) is 14.2. The minimum absolute atomic E-state index is 0.530. The molecule has 0 aliphatic heterocycles. The molecule has 1 N–H and O–H groups in total. The Morgan fingerprint density at radius 3 is 2.88 bits per heavy atom. The molecule has 0 saturated carbocycles. The van der Waals surface area contributed by atoms with E-state index in [1.807, 2.05) is 18.3 Å². The van der Waals surface area contributed by atoms with Gasteiger partial charge in [0.05, 0.1) is 0 Å². The summed E-state index contributed by atoms with van der Waals surface area (Å²) < 4.78 is 6.59. The molecule has 0 aliphatic rings. The molecule has 1 atom stereocenters. The predicted molar refractivity (Wildman–Crippen MR) is 74.3 cm³/mol. The van der Waals surface area contributed by atoms with Gasteiger partial charge in [0.1, 0.15) is 0 Å². The molecule has 0 aromatic carbocycles. The Kier molecular flexibility index (Phi) is 7.28. The molecular weight excluding hydrogens is 286 g/mol. The zero-order chi connectivity index (χ0) is 11.8. The summed E-state index contributed by atoms with van der Waals surface area (Å²) in [5.74, 6) is 0. The molecule has 2 nitrogen and oxygen atoms in total. The molecule has 0 radical (unpaired) electrons. The van der Waals surface area contributed by atoms with Gasteiger partial charge >= 0.3 is 0 Å². The van der Waals surface area contributed by atoms with E-state index in [0.717, 1.165) is 32.6 Å². The van der Waals surface area contributed by atoms with Gasteiger partial charge < -0.3 is 10.1 Å². The molecule has 0 fully saturated rings. The lowest BCUT2D eigenvalue weighted by Crippen LogP contribution is -2.31. The molecule has 0 saturated heterocycles. The van der Waals surface area contributed by atoms with Crippen molar-refractivity contribution in [2.45, 2.75) is 32.7 Å². The molecule has 0 bridgehead atoms. The highest BCUT2D eigenvalue weighted by Crippen LogP contribution is 2.21. The summed E-state index contributed by atoms with van der Waals surface area (Å²) in [6.45, 7) is 6.87. The molecule has 0 spiro atoms. The number of rotatable bonds is 8. The number of halogens is 1. The molecule has 0 amide bonds. The van der Waals surface area contributed by atoms with E-state index < -0.39 is 0 Å². The molecule has 1 heterocycles. The number of hydrogen-bond acceptors (Lipinski definition) is 3. The van der Waals surface area contributed by atoms with Gasteiger partial charge in [0.2, 0.25) is 0 Å². The van der Waals surface area contributed by atoms with Crippen molar-refractivity contribution in [3.05, 3.63) is 20.8 Å². The van der Waals surface area contributed by atoms with Gasteiger partial charge in [-0.1, -0.05) is 6.92 Å². The molecule has 1 rings (SSSR count). The van der Waals surface area contributed by atoms with Gasteiger partial charge in [-0.05, 0) is 48.3 Å². The second kappa shape index (κ2) is 8.23. The summed E-state index contributed by atoms with van der Waals surface area (Å²) in [7, 11) is 0. The van der Waals surface area contributed by atoms with Gasteiger partial charge in [0, 0.05) is 34.0 Å². The Labute approximate surface area is 111 Å². The maximum absolute atomic E-state index is 5.41. The van der Waals surface area contributed by atoms with Crippen molar-refractivity contribution >= 4 is 27.3 Å². The molecule has 4 heteroatoms. The van der Waals surface area contributed by atoms with Crippen molar-refractivity contribution in [3.63, 3.8) is 0 Å². The summed E-state index contributed by atoms with van der Waals surface area (Å²) in [6, 6.07) is 2.73. The predicted octanol–water partition coefficient (Wildman–Crippen LogP) is 3.46. The number of nitrogens with one attached hydrogen (secondary N) is 1. The van der Waals surface area contributed by atoms with Gasteiger partial charge in [0.15, 0.2) is 0 Å². The van der Waals surface area contributed by atoms with Gasteiger partial charge in [-0.3, -0.25) is 0 Å². The molecule has 16 heavy (non-hydrogen) atoms. The minimum atomic E-state index is 0.530. The molecule has 1 aromatic rings. The standard InChI is InChI=1S/C12H20BrNOS/c1-3-14-11(5-6-15-4-2)8-12-7-10(13)9-16-12/h7,9,11,14H,3-6,8H2,1-2H3. The Morgan fingerprint density at radius 2 is 2.31 bits per heavy atom. The van der Waals surface area contributed by atoms with E-state index in [9.17, 15) is 0 Å². The Bertz CT molecular complexity index is 290. The van der Waals surface area contributed by atoms with Crippen molar-refractivity contribution in [2.24, 2.45) is 0 Å². The highest BCUT2D eigenvalue weighted by Gasteiger charge is 2.09. The monoisotopic (exact) mass is 305 g/mol. The van der Waals surface area contributed by atoms with Crippen LogP contribution in [0.1, 0.15) is 25.1 Å². The zero-order valence-electron chi connectivity index (χ0n) is 9.96. The topological polar surface area (TPSA) is 21.3 Å². The van der Waals surface area contributed by atoms with Crippen LogP contribution in [0.2, 0.25) is 0 Å². The fourth-order valence-corrected chi connectivity index (χ4v) is 3.17. The van der Waals surface area contributed by atoms with Crippen molar-refractivity contribution in [3.8, 4) is 0 Å². The molecule has 92 valence electrons. The summed E-state index contributed by atoms with van der Waals surface area (Å²) in [4.78, 5) is 1.43. The van der Waals surface area contributed by atoms with Crippen LogP contribution in [0.15, 0.2) is 15.9 Å². The molecular formula is C12H20BrNOS. The van der Waals surface area contributed by atoms with E-state index in [4.69, 9.17) is 4.74 Å². The number of ether oxygens (including phenoxy) is 1. The lowest BCUT2D eigenvalue weighted by molar-refractivity contribution is 0.136. The number of thiophene rings is 1. The maximum Gasteiger partial charge on any atom is 0.0480 e. The van der Waals surface area contributed by atoms with Crippen molar-refractivity contribution in [1.29, 1.82) is 0 Å². The summed E-state index contributed by atoms with van der Waals surface area (Å²) in [6.07, 6.45) is 2.17. The van der Waals surface area contributed by atoms with Crippen LogP contribution in [0.4, 0.5) is 0 Å². The van der Waals surface area contributed by atoms with Gasteiger partial charge in [-0.25, -0.2) is 0 Å². The van der Waals surface area contributed by atoms with Crippen LogP contribution in [0.5, 0.6) is 0 Å². The lowest BCUT2D eigenvalue weighted by atomic mass is 10.1. The van der Waals surface area contributed by atoms with Crippen LogP contribution in [0.3, 0.4) is 0 Å². The first-order chi connectivity index (χ1) is 7.76. The Morgan fingerprint density at radius 1 is 1.50 bits per heavy atom. The van der Waals surface area contributed by atoms with E-state index in [-0.39, 0.29) is 0 Å². The Hall–Kier alpha value is 0.1000. The van der Waals surface area contributed by atoms with Crippen LogP contribution >= 0.6 is 27.3 Å². The maximum atomic E-state index is 5.41. The first-order valence-corrected chi connectivity index (χ1v) is 7.47. The average Bonchev–Trinajstić information content (AvgIpc) is 2.65. The molecule has 1 unspecified atom stereocenters. The van der Waals surface area contributed by atoms with Crippen molar-refractivity contribution in [1.82, 2.24) is 5.32 Å². The fourth-order valence-electron chi connectivity index (χ4n) is 1.64. The summed E-state index contributed by atoms with van der Waals surface area (Å²) in [5, 5.41) is 5.65. The SMILES string of the molecule is CCNC(CCOCC)Cc1cc(Br)cs1. The van der Waals surface area contributed by atoms with Crippen LogP contribution < -0.4 is 5.32 Å². The van der Waals surface area contributed by atoms with E-state index in [1.54, 1.807) is 0 Å². The second-order valence-corrected chi connectivity index (χ2v) is 5.59. The fraction of sp³-hybridized carbons (Fsp3) is 0.667. The van der Waals surface area contributed by atoms with E-state index in [2.05, 4.69) is 39.6 Å². The van der Waals surface area contributed by atoms with Crippen LogP contribution in [0, 0.1) is 0 Å². The van der Waals surface area contributed by atoms with E-state index >= 15 is 0 Å². The van der Waals surface area contributed by atoms with Crippen molar-refractivity contribution in [2.75, 3.05) is 19.8 Å². The third kappa shape index (κ3) is 5.43. The third-order valence-electron chi connectivity index (χ3n) is 2.38. The van der Waals surface area contributed by atoms with Crippen LogP contribution in [-0.4, -0.2) is 25.8 Å². The molecule has 0 aliphatic carbocycles. The number of hydrogen-bond donors (Lipinski definition) is 1.